The third-order valence-electron chi connectivity index (χ3n) is 3.44. The fourth-order valence-corrected chi connectivity index (χ4v) is 2.26. The van der Waals surface area contributed by atoms with Gasteiger partial charge in [0, 0.05) is 6.04 Å². The highest BCUT2D eigenvalue weighted by Crippen LogP contribution is 2.23. The Kier molecular flexibility index (Phi) is 5.33. The van der Waals surface area contributed by atoms with E-state index in [1.165, 1.54) is 5.56 Å². The number of aryl methyl sites for hydroxylation is 2. The van der Waals surface area contributed by atoms with Gasteiger partial charge in [-0.3, -0.25) is 0 Å². The van der Waals surface area contributed by atoms with Gasteiger partial charge in [0.2, 0.25) is 0 Å². The molecule has 1 nitrogen and oxygen atoms in total. The van der Waals surface area contributed by atoms with E-state index in [1.54, 1.807) is 6.07 Å². The molecule has 0 radical (unpaired) electrons. The molecule has 1 N–H and O–H groups in total. The van der Waals surface area contributed by atoms with Gasteiger partial charge in [0.05, 0.1) is 0 Å². The molecule has 102 valence electrons. The lowest BCUT2D eigenvalue weighted by atomic mass is 9.83. The highest BCUT2D eigenvalue weighted by atomic mass is 19.1. The lowest BCUT2D eigenvalue weighted by Gasteiger charge is -2.31. The van der Waals surface area contributed by atoms with E-state index in [4.69, 9.17) is 0 Å². The van der Waals surface area contributed by atoms with Crippen LogP contribution in [0.25, 0.3) is 0 Å². The molecule has 0 saturated carbocycles. The molecule has 0 aromatic heterocycles. The quantitative estimate of drug-likeness (QED) is 0.831. The second kappa shape index (κ2) is 6.33. The summed E-state index contributed by atoms with van der Waals surface area (Å²) in [4.78, 5) is 0. The van der Waals surface area contributed by atoms with Gasteiger partial charge in [0.25, 0.3) is 0 Å². The van der Waals surface area contributed by atoms with E-state index in [-0.39, 0.29) is 11.2 Å². The Morgan fingerprint density at radius 1 is 1.28 bits per heavy atom. The van der Waals surface area contributed by atoms with Gasteiger partial charge in [-0.25, -0.2) is 4.39 Å². The van der Waals surface area contributed by atoms with Crippen LogP contribution in [0.4, 0.5) is 4.39 Å². The maximum absolute atomic E-state index is 13.2. The van der Waals surface area contributed by atoms with E-state index >= 15 is 0 Å². The minimum atomic E-state index is -0.113. The first-order chi connectivity index (χ1) is 8.34. The average Bonchev–Trinajstić information content (AvgIpc) is 2.27. The maximum Gasteiger partial charge on any atom is 0.126 e. The Morgan fingerprint density at radius 3 is 2.44 bits per heavy atom. The van der Waals surface area contributed by atoms with Crippen LogP contribution in [0.15, 0.2) is 18.2 Å². The first-order valence-electron chi connectivity index (χ1n) is 6.83. The zero-order chi connectivity index (χ0) is 13.8. The normalized spacial score (nSPS) is 13.7. The van der Waals surface area contributed by atoms with Crippen molar-refractivity contribution < 1.29 is 4.39 Å². The largest absolute Gasteiger partial charge is 0.314 e. The van der Waals surface area contributed by atoms with Gasteiger partial charge in [-0.15, -0.1) is 0 Å². The minimum absolute atomic E-state index is 0.113. The highest BCUT2D eigenvalue weighted by Gasteiger charge is 2.23. The topological polar surface area (TPSA) is 12.0 Å². The molecule has 0 heterocycles. The van der Waals surface area contributed by atoms with Crippen molar-refractivity contribution in [2.75, 3.05) is 6.54 Å². The smallest absolute Gasteiger partial charge is 0.126 e. The monoisotopic (exact) mass is 251 g/mol. The van der Waals surface area contributed by atoms with E-state index in [0.717, 1.165) is 24.9 Å². The Bertz CT molecular complexity index is 379. The van der Waals surface area contributed by atoms with Gasteiger partial charge in [-0.05, 0) is 48.9 Å². The summed E-state index contributed by atoms with van der Waals surface area (Å²) in [5.74, 6) is -0.113. The third-order valence-corrected chi connectivity index (χ3v) is 3.44. The molecule has 1 rings (SSSR count). The maximum atomic E-state index is 13.2. The molecule has 0 fully saturated rings. The average molecular weight is 251 g/mol. The van der Waals surface area contributed by atoms with E-state index in [1.807, 2.05) is 19.1 Å². The minimum Gasteiger partial charge on any atom is -0.314 e. The summed E-state index contributed by atoms with van der Waals surface area (Å²) < 4.78 is 13.2. The van der Waals surface area contributed by atoms with E-state index in [9.17, 15) is 4.39 Å². The lowest BCUT2D eigenvalue weighted by molar-refractivity contribution is 0.258. The van der Waals surface area contributed by atoms with Crippen molar-refractivity contribution in [3.63, 3.8) is 0 Å². The van der Waals surface area contributed by atoms with Gasteiger partial charge in [-0.2, -0.15) is 0 Å². The van der Waals surface area contributed by atoms with Crippen molar-refractivity contribution in [1.82, 2.24) is 5.32 Å². The number of benzene rings is 1. The summed E-state index contributed by atoms with van der Waals surface area (Å²) in [5, 5.41) is 3.54. The molecule has 0 amide bonds. The van der Waals surface area contributed by atoms with E-state index in [0.29, 0.717) is 6.04 Å². The first-order valence-corrected chi connectivity index (χ1v) is 6.83. The second-order valence-electron chi connectivity index (χ2n) is 6.10. The molecule has 0 spiro atoms. The molecule has 1 unspecified atom stereocenters. The summed E-state index contributed by atoms with van der Waals surface area (Å²) in [5.41, 5.74) is 2.22. The molecule has 0 aliphatic rings. The van der Waals surface area contributed by atoms with Gasteiger partial charge in [-0.1, -0.05) is 39.8 Å². The van der Waals surface area contributed by atoms with Crippen molar-refractivity contribution in [3.8, 4) is 0 Å². The fourth-order valence-electron chi connectivity index (χ4n) is 2.26. The molecule has 2 heteroatoms. The van der Waals surface area contributed by atoms with Crippen molar-refractivity contribution in [3.05, 3.63) is 35.1 Å². The van der Waals surface area contributed by atoms with Gasteiger partial charge < -0.3 is 5.32 Å². The molecule has 1 atom stereocenters. The molecule has 0 bridgehead atoms. The van der Waals surface area contributed by atoms with Crippen molar-refractivity contribution in [1.29, 1.82) is 0 Å². The summed E-state index contributed by atoms with van der Waals surface area (Å²) >= 11 is 0. The predicted octanol–water partition coefficient (Wildman–Crippen LogP) is 4.09. The van der Waals surface area contributed by atoms with Crippen LogP contribution in [0.1, 0.15) is 45.2 Å². The van der Waals surface area contributed by atoms with Crippen LogP contribution < -0.4 is 5.32 Å². The van der Waals surface area contributed by atoms with Gasteiger partial charge in [0.15, 0.2) is 0 Å². The van der Waals surface area contributed by atoms with Crippen LogP contribution in [-0.2, 0) is 6.42 Å². The second-order valence-corrected chi connectivity index (χ2v) is 6.10. The molecule has 0 aliphatic heterocycles. The van der Waals surface area contributed by atoms with E-state index < -0.39 is 0 Å². The van der Waals surface area contributed by atoms with Gasteiger partial charge >= 0.3 is 0 Å². The van der Waals surface area contributed by atoms with Crippen LogP contribution in [0, 0.1) is 18.2 Å². The molecular formula is C16H26FN. The van der Waals surface area contributed by atoms with Crippen LogP contribution in [-0.4, -0.2) is 12.6 Å². The lowest BCUT2D eigenvalue weighted by Crippen LogP contribution is -2.40. The Balaban J connectivity index is 2.64. The third kappa shape index (κ3) is 4.41. The number of halogens is 1. The number of hydrogen-bond acceptors (Lipinski definition) is 1. The van der Waals surface area contributed by atoms with Crippen LogP contribution in [0.3, 0.4) is 0 Å². The summed E-state index contributed by atoms with van der Waals surface area (Å²) in [6.45, 7) is 11.7. The molecule has 1 aromatic carbocycles. The Labute approximate surface area is 111 Å². The standard InChI is InChI=1S/C16H26FN/c1-6-18-15(16(3,4)5)10-8-13-7-9-14(17)12(2)11-13/h7,9,11,15,18H,6,8,10H2,1-5H3. The van der Waals surface area contributed by atoms with Crippen molar-refractivity contribution in [2.45, 2.75) is 53.5 Å². The number of nitrogens with one attached hydrogen (secondary N) is 1. The van der Waals surface area contributed by atoms with Crippen molar-refractivity contribution in [2.24, 2.45) is 5.41 Å². The van der Waals surface area contributed by atoms with Crippen LogP contribution in [0.5, 0.6) is 0 Å². The molecule has 18 heavy (non-hydrogen) atoms. The molecular weight excluding hydrogens is 225 g/mol. The zero-order valence-electron chi connectivity index (χ0n) is 12.3. The summed E-state index contributed by atoms with van der Waals surface area (Å²) in [6.07, 6.45) is 2.08. The SMILES string of the molecule is CCNC(CCc1ccc(F)c(C)c1)C(C)(C)C. The number of rotatable bonds is 5. The molecule has 0 saturated heterocycles. The summed E-state index contributed by atoms with van der Waals surface area (Å²) in [7, 11) is 0. The summed E-state index contributed by atoms with van der Waals surface area (Å²) in [6, 6.07) is 5.92. The first kappa shape index (κ1) is 15.2. The Morgan fingerprint density at radius 2 is 1.94 bits per heavy atom. The van der Waals surface area contributed by atoms with Crippen LogP contribution >= 0.6 is 0 Å². The fraction of sp³-hybridized carbons (Fsp3) is 0.625. The van der Waals surface area contributed by atoms with Crippen molar-refractivity contribution >= 4 is 0 Å². The van der Waals surface area contributed by atoms with E-state index in [2.05, 4.69) is 33.0 Å². The Hall–Kier alpha value is -0.890. The highest BCUT2D eigenvalue weighted by molar-refractivity contribution is 5.24. The predicted molar refractivity (Wildman–Crippen MR) is 76.4 cm³/mol. The molecule has 0 aliphatic carbocycles. The zero-order valence-corrected chi connectivity index (χ0v) is 12.3. The van der Waals surface area contributed by atoms with Crippen LogP contribution in [0.2, 0.25) is 0 Å². The molecule has 1 aromatic rings. The number of hydrogen-bond donors (Lipinski definition) is 1. The van der Waals surface area contributed by atoms with Gasteiger partial charge in [0.1, 0.15) is 5.82 Å².